The maximum Gasteiger partial charge on any atom is 0.134 e. The molecular weight excluding hydrogens is 186 g/mol. The van der Waals surface area contributed by atoms with E-state index in [-0.39, 0.29) is 0 Å². The standard InChI is InChI=1S/C13H15NO/c1-9-2-5-13-10(6-9)7-12(15-13)8-14-11-3-4-11/h2,5-7,11,14H,3-4,8H2,1H3. The molecule has 0 amide bonds. The first-order chi connectivity index (χ1) is 7.31. The average Bonchev–Trinajstić information content (AvgIpc) is 2.95. The molecule has 0 saturated heterocycles. The Kier molecular flexibility index (Phi) is 2.03. The van der Waals surface area contributed by atoms with Crippen LogP contribution in [0.3, 0.4) is 0 Å². The van der Waals surface area contributed by atoms with Gasteiger partial charge in [0, 0.05) is 11.4 Å². The predicted octanol–water partition coefficient (Wildman–Crippen LogP) is 2.99. The first-order valence-electron chi connectivity index (χ1n) is 5.54. The summed E-state index contributed by atoms with van der Waals surface area (Å²) in [5, 5.41) is 4.67. The molecule has 2 aromatic rings. The number of hydrogen-bond donors (Lipinski definition) is 1. The topological polar surface area (TPSA) is 25.2 Å². The van der Waals surface area contributed by atoms with Crippen molar-refractivity contribution in [1.82, 2.24) is 5.32 Å². The Morgan fingerprint density at radius 3 is 3.00 bits per heavy atom. The van der Waals surface area contributed by atoms with E-state index in [1.54, 1.807) is 0 Å². The predicted molar refractivity (Wildman–Crippen MR) is 60.8 cm³/mol. The van der Waals surface area contributed by atoms with Crippen LogP contribution in [0.15, 0.2) is 28.7 Å². The van der Waals surface area contributed by atoms with Crippen molar-refractivity contribution in [3.63, 3.8) is 0 Å². The monoisotopic (exact) mass is 201 g/mol. The van der Waals surface area contributed by atoms with Crippen LogP contribution < -0.4 is 5.32 Å². The molecule has 15 heavy (non-hydrogen) atoms. The van der Waals surface area contributed by atoms with E-state index in [2.05, 4.69) is 30.4 Å². The van der Waals surface area contributed by atoms with Crippen molar-refractivity contribution >= 4 is 11.0 Å². The van der Waals surface area contributed by atoms with E-state index in [1.165, 1.54) is 23.8 Å². The van der Waals surface area contributed by atoms with Crippen molar-refractivity contribution < 1.29 is 4.42 Å². The molecule has 2 nitrogen and oxygen atoms in total. The van der Waals surface area contributed by atoms with Crippen molar-refractivity contribution in [3.05, 3.63) is 35.6 Å². The lowest BCUT2D eigenvalue weighted by molar-refractivity contribution is 0.512. The zero-order valence-corrected chi connectivity index (χ0v) is 8.92. The van der Waals surface area contributed by atoms with Gasteiger partial charge in [-0.3, -0.25) is 0 Å². The minimum Gasteiger partial charge on any atom is -0.460 e. The Morgan fingerprint density at radius 2 is 2.20 bits per heavy atom. The van der Waals surface area contributed by atoms with Gasteiger partial charge < -0.3 is 9.73 Å². The molecule has 0 unspecified atom stereocenters. The van der Waals surface area contributed by atoms with Gasteiger partial charge >= 0.3 is 0 Å². The van der Waals surface area contributed by atoms with Crippen LogP contribution in [0, 0.1) is 6.92 Å². The molecule has 78 valence electrons. The van der Waals surface area contributed by atoms with Crippen molar-refractivity contribution in [2.45, 2.75) is 32.4 Å². The van der Waals surface area contributed by atoms with Gasteiger partial charge in [-0.2, -0.15) is 0 Å². The summed E-state index contributed by atoms with van der Waals surface area (Å²) < 4.78 is 5.74. The molecular formula is C13H15NO. The third kappa shape index (κ3) is 1.90. The van der Waals surface area contributed by atoms with Crippen molar-refractivity contribution in [1.29, 1.82) is 0 Å². The molecule has 1 aliphatic carbocycles. The number of rotatable bonds is 3. The lowest BCUT2D eigenvalue weighted by Gasteiger charge is -1.96. The van der Waals surface area contributed by atoms with Crippen molar-refractivity contribution in [3.8, 4) is 0 Å². The second-order valence-corrected chi connectivity index (χ2v) is 4.41. The van der Waals surface area contributed by atoms with Crippen LogP contribution in [-0.4, -0.2) is 6.04 Å². The molecule has 2 heteroatoms. The lowest BCUT2D eigenvalue weighted by Crippen LogP contribution is -2.14. The molecule has 1 saturated carbocycles. The third-order valence-electron chi connectivity index (χ3n) is 2.87. The Hall–Kier alpha value is -1.28. The Labute approximate surface area is 89.3 Å². The summed E-state index contributed by atoms with van der Waals surface area (Å²) in [5.41, 5.74) is 2.28. The van der Waals surface area contributed by atoms with Crippen LogP contribution in [0.2, 0.25) is 0 Å². The van der Waals surface area contributed by atoms with Gasteiger partial charge in [-0.15, -0.1) is 0 Å². The van der Waals surface area contributed by atoms with Crippen LogP contribution >= 0.6 is 0 Å². The van der Waals surface area contributed by atoms with Crippen molar-refractivity contribution in [2.24, 2.45) is 0 Å². The van der Waals surface area contributed by atoms with Gasteiger partial charge in [0.25, 0.3) is 0 Å². The summed E-state index contributed by atoms with van der Waals surface area (Å²) in [4.78, 5) is 0. The van der Waals surface area contributed by atoms with Crippen LogP contribution in [0.5, 0.6) is 0 Å². The number of aryl methyl sites for hydroxylation is 1. The molecule has 1 heterocycles. The zero-order chi connectivity index (χ0) is 10.3. The maximum atomic E-state index is 5.74. The molecule has 1 fully saturated rings. The fourth-order valence-electron chi connectivity index (χ4n) is 1.84. The molecule has 1 aromatic carbocycles. The highest BCUT2D eigenvalue weighted by atomic mass is 16.3. The number of benzene rings is 1. The molecule has 1 aliphatic rings. The van der Waals surface area contributed by atoms with Crippen LogP contribution in [-0.2, 0) is 6.54 Å². The van der Waals surface area contributed by atoms with Crippen molar-refractivity contribution in [2.75, 3.05) is 0 Å². The third-order valence-corrected chi connectivity index (χ3v) is 2.87. The van der Waals surface area contributed by atoms with Gasteiger partial charge in [-0.05, 0) is 38.0 Å². The molecule has 0 radical (unpaired) electrons. The van der Waals surface area contributed by atoms with E-state index < -0.39 is 0 Å². The summed E-state index contributed by atoms with van der Waals surface area (Å²) >= 11 is 0. The molecule has 3 rings (SSSR count). The van der Waals surface area contributed by atoms with E-state index in [9.17, 15) is 0 Å². The molecule has 0 bridgehead atoms. The summed E-state index contributed by atoms with van der Waals surface area (Å²) in [6.45, 7) is 2.97. The fraction of sp³-hybridized carbons (Fsp3) is 0.385. The number of hydrogen-bond acceptors (Lipinski definition) is 2. The van der Waals surface area contributed by atoms with Gasteiger partial charge in [0.1, 0.15) is 11.3 Å². The molecule has 1 aromatic heterocycles. The first kappa shape index (κ1) is 8.98. The first-order valence-corrected chi connectivity index (χ1v) is 5.54. The van der Waals surface area contributed by atoms with Gasteiger partial charge in [0.2, 0.25) is 0 Å². The Balaban J connectivity index is 1.84. The largest absolute Gasteiger partial charge is 0.460 e. The minimum absolute atomic E-state index is 0.736. The van der Waals surface area contributed by atoms with E-state index >= 15 is 0 Å². The van der Waals surface area contributed by atoms with E-state index in [1.807, 2.05) is 6.07 Å². The Bertz CT molecular complexity index is 482. The summed E-state index contributed by atoms with van der Waals surface area (Å²) in [7, 11) is 0. The highest BCUT2D eigenvalue weighted by molar-refractivity contribution is 5.78. The molecule has 1 N–H and O–H groups in total. The quantitative estimate of drug-likeness (QED) is 0.825. The lowest BCUT2D eigenvalue weighted by atomic mass is 10.2. The van der Waals surface area contributed by atoms with Gasteiger partial charge in [0.05, 0.1) is 6.54 Å². The minimum atomic E-state index is 0.736. The summed E-state index contributed by atoms with van der Waals surface area (Å²) in [5.74, 6) is 1.04. The van der Waals surface area contributed by atoms with Gasteiger partial charge in [0.15, 0.2) is 0 Å². The molecule has 0 atom stereocenters. The van der Waals surface area contributed by atoms with Crippen LogP contribution in [0.25, 0.3) is 11.0 Å². The SMILES string of the molecule is Cc1ccc2oc(CNC3CC3)cc2c1. The molecule has 0 spiro atoms. The van der Waals surface area contributed by atoms with E-state index in [0.29, 0.717) is 0 Å². The average molecular weight is 201 g/mol. The Morgan fingerprint density at radius 1 is 1.33 bits per heavy atom. The zero-order valence-electron chi connectivity index (χ0n) is 8.92. The van der Waals surface area contributed by atoms with E-state index in [0.717, 1.165) is 23.9 Å². The highest BCUT2D eigenvalue weighted by Gasteiger charge is 2.20. The maximum absolute atomic E-state index is 5.74. The highest BCUT2D eigenvalue weighted by Crippen LogP contribution is 2.23. The van der Waals surface area contributed by atoms with E-state index in [4.69, 9.17) is 4.42 Å². The smallest absolute Gasteiger partial charge is 0.134 e. The summed E-state index contributed by atoms with van der Waals surface area (Å²) in [6.07, 6.45) is 2.64. The van der Waals surface area contributed by atoms with Crippen LogP contribution in [0.1, 0.15) is 24.2 Å². The summed E-state index contributed by atoms with van der Waals surface area (Å²) in [6, 6.07) is 9.17. The number of furan rings is 1. The van der Waals surface area contributed by atoms with Gasteiger partial charge in [-0.1, -0.05) is 11.6 Å². The second kappa shape index (κ2) is 3.38. The number of fused-ring (bicyclic) bond motifs is 1. The second-order valence-electron chi connectivity index (χ2n) is 4.41. The van der Waals surface area contributed by atoms with Crippen LogP contribution in [0.4, 0.5) is 0 Å². The fourth-order valence-corrected chi connectivity index (χ4v) is 1.84. The normalized spacial score (nSPS) is 16.1. The van der Waals surface area contributed by atoms with Gasteiger partial charge in [-0.25, -0.2) is 0 Å². The number of nitrogens with one attached hydrogen (secondary N) is 1. The molecule has 0 aliphatic heterocycles.